The van der Waals surface area contributed by atoms with Crippen LogP contribution in [0.2, 0.25) is 5.15 Å². The molecule has 1 rings (SSSR count). The molecule has 4 nitrogen and oxygen atoms in total. The van der Waals surface area contributed by atoms with Crippen LogP contribution in [0.1, 0.15) is 18.9 Å². The average Bonchev–Trinajstić information content (AvgIpc) is 2.45. The van der Waals surface area contributed by atoms with Crippen LogP contribution in [0.25, 0.3) is 0 Å². The van der Waals surface area contributed by atoms with Gasteiger partial charge >= 0.3 is 0 Å². The van der Waals surface area contributed by atoms with E-state index in [0.29, 0.717) is 5.15 Å². The molecule has 6 heteroatoms. The lowest BCUT2D eigenvalue weighted by Gasteiger charge is -2.11. The Morgan fingerprint density at radius 2 is 2.25 bits per heavy atom. The van der Waals surface area contributed by atoms with E-state index in [1.807, 2.05) is 30.1 Å². The molecule has 0 aliphatic heterocycles. The quantitative estimate of drug-likeness (QED) is 0.335. The van der Waals surface area contributed by atoms with E-state index in [-0.39, 0.29) is 0 Å². The number of aliphatic imine (C=N–C) groups is 1. The van der Waals surface area contributed by atoms with Crippen LogP contribution >= 0.6 is 23.4 Å². The minimum Gasteiger partial charge on any atom is -0.357 e. The molecule has 112 valence electrons. The van der Waals surface area contributed by atoms with E-state index in [0.717, 1.165) is 44.2 Å². The highest BCUT2D eigenvalue weighted by molar-refractivity contribution is 7.98. The zero-order chi connectivity index (χ0) is 14.6. The lowest BCUT2D eigenvalue weighted by atomic mass is 10.2. The summed E-state index contributed by atoms with van der Waals surface area (Å²) in [5, 5.41) is 7.12. The van der Waals surface area contributed by atoms with E-state index in [2.05, 4.69) is 33.8 Å². The van der Waals surface area contributed by atoms with E-state index in [9.17, 15) is 0 Å². The summed E-state index contributed by atoms with van der Waals surface area (Å²) in [4.78, 5) is 8.61. The minimum atomic E-state index is 0.533. The van der Waals surface area contributed by atoms with Crippen LogP contribution in [0.3, 0.4) is 0 Å². The number of nitrogens with one attached hydrogen (secondary N) is 2. The van der Waals surface area contributed by atoms with Crippen LogP contribution in [0.5, 0.6) is 0 Å². The molecule has 0 fully saturated rings. The Morgan fingerprint density at radius 3 is 2.90 bits per heavy atom. The van der Waals surface area contributed by atoms with Crippen LogP contribution in [-0.4, -0.2) is 42.6 Å². The van der Waals surface area contributed by atoms with Gasteiger partial charge in [-0.1, -0.05) is 17.7 Å². The first kappa shape index (κ1) is 17.1. The van der Waals surface area contributed by atoms with Crippen molar-refractivity contribution < 1.29 is 0 Å². The van der Waals surface area contributed by atoms with E-state index < -0.39 is 0 Å². The van der Waals surface area contributed by atoms with Crippen molar-refractivity contribution in [3.05, 3.63) is 29.0 Å². The lowest BCUT2D eigenvalue weighted by molar-refractivity contribution is 0.793. The molecule has 0 bridgehead atoms. The number of halogens is 1. The average molecular weight is 315 g/mol. The summed E-state index contributed by atoms with van der Waals surface area (Å²) >= 11 is 7.62. The summed E-state index contributed by atoms with van der Waals surface area (Å²) < 4.78 is 0. The third-order valence-corrected chi connectivity index (χ3v) is 3.54. The molecule has 0 atom stereocenters. The molecular weight excluding hydrogens is 292 g/mol. The highest BCUT2D eigenvalue weighted by Gasteiger charge is 1.98. The normalized spacial score (nSPS) is 11.4. The third kappa shape index (κ3) is 7.60. The Labute approximate surface area is 130 Å². The zero-order valence-corrected chi connectivity index (χ0v) is 13.7. The number of nitrogens with zero attached hydrogens (tertiary/aromatic N) is 2. The molecule has 1 aromatic rings. The number of thioether (sulfide) groups is 1. The largest absolute Gasteiger partial charge is 0.357 e. The molecule has 0 radical (unpaired) electrons. The molecule has 2 N–H and O–H groups in total. The monoisotopic (exact) mass is 314 g/mol. The van der Waals surface area contributed by atoms with Gasteiger partial charge in [0.2, 0.25) is 0 Å². The number of hydrogen-bond acceptors (Lipinski definition) is 3. The number of hydrogen-bond donors (Lipinski definition) is 2. The molecule has 0 aliphatic carbocycles. The van der Waals surface area contributed by atoms with Gasteiger partial charge in [-0.3, -0.25) is 4.99 Å². The molecule has 0 amide bonds. The molecule has 0 aromatic carbocycles. The second-order valence-electron chi connectivity index (χ2n) is 4.27. The maximum absolute atomic E-state index is 5.76. The second kappa shape index (κ2) is 10.8. The molecule has 0 saturated heterocycles. The summed E-state index contributed by atoms with van der Waals surface area (Å²) in [5.74, 6) is 2.04. The van der Waals surface area contributed by atoms with Crippen molar-refractivity contribution in [3.8, 4) is 0 Å². The molecule has 0 saturated carbocycles. The lowest BCUT2D eigenvalue weighted by Crippen LogP contribution is -2.38. The van der Waals surface area contributed by atoms with E-state index in [1.165, 1.54) is 5.56 Å². The fourth-order valence-corrected chi connectivity index (χ4v) is 2.15. The Balaban J connectivity index is 2.32. The highest BCUT2D eigenvalue weighted by Crippen LogP contribution is 2.05. The van der Waals surface area contributed by atoms with Crippen molar-refractivity contribution >= 4 is 29.3 Å². The van der Waals surface area contributed by atoms with Crippen LogP contribution < -0.4 is 10.6 Å². The van der Waals surface area contributed by atoms with Crippen molar-refractivity contribution in [1.29, 1.82) is 0 Å². The molecule has 1 aromatic heterocycles. The van der Waals surface area contributed by atoms with Gasteiger partial charge in [-0.15, -0.1) is 0 Å². The van der Waals surface area contributed by atoms with Crippen molar-refractivity contribution in [2.75, 3.05) is 31.6 Å². The van der Waals surface area contributed by atoms with E-state index >= 15 is 0 Å². The molecule has 0 unspecified atom stereocenters. The Hall–Kier alpha value is -0.940. The smallest absolute Gasteiger partial charge is 0.191 e. The summed E-state index contributed by atoms with van der Waals surface area (Å²) in [7, 11) is 0. The Morgan fingerprint density at radius 1 is 1.40 bits per heavy atom. The van der Waals surface area contributed by atoms with Crippen molar-refractivity contribution in [2.24, 2.45) is 4.99 Å². The molecule has 0 spiro atoms. The van der Waals surface area contributed by atoms with Crippen molar-refractivity contribution in [1.82, 2.24) is 15.6 Å². The van der Waals surface area contributed by atoms with Gasteiger partial charge in [-0.25, -0.2) is 4.98 Å². The Kier molecular flexibility index (Phi) is 9.24. The zero-order valence-electron chi connectivity index (χ0n) is 12.2. The third-order valence-electron chi connectivity index (χ3n) is 2.62. The number of aromatic nitrogens is 1. The topological polar surface area (TPSA) is 49.3 Å². The van der Waals surface area contributed by atoms with Crippen LogP contribution in [0.15, 0.2) is 23.3 Å². The van der Waals surface area contributed by atoms with Crippen LogP contribution in [0, 0.1) is 0 Å². The second-order valence-corrected chi connectivity index (χ2v) is 5.65. The predicted octanol–water partition coefficient (Wildman–Crippen LogP) is 2.59. The fraction of sp³-hybridized carbons (Fsp3) is 0.571. The molecule has 1 heterocycles. The Bertz CT molecular complexity index is 395. The van der Waals surface area contributed by atoms with Gasteiger partial charge in [0.05, 0.1) is 0 Å². The van der Waals surface area contributed by atoms with Gasteiger partial charge < -0.3 is 10.6 Å². The molecule has 20 heavy (non-hydrogen) atoms. The predicted molar refractivity (Wildman–Crippen MR) is 89.9 cm³/mol. The minimum absolute atomic E-state index is 0.533. The van der Waals surface area contributed by atoms with Gasteiger partial charge in [-0.05, 0) is 43.4 Å². The summed E-state index contributed by atoms with van der Waals surface area (Å²) in [6.45, 7) is 4.63. The summed E-state index contributed by atoms with van der Waals surface area (Å²) in [6.07, 6.45) is 5.94. The summed E-state index contributed by atoms with van der Waals surface area (Å²) in [6, 6.07) is 3.82. The van der Waals surface area contributed by atoms with Gasteiger partial charge in [0.15, 0.2) is 5.96 Å². The maximum atomic E-state index is 5.76. The number of guanidine groups is 1. The van der Waals surface area contributed by atoms with Gasteiger partial charge in [0, 0.05) is 25.8 Å². The first-order valence-corrected chi connectivity index (χ1v) is 8.65. The number of rotatable bonds is 8. The van der Waals surface area contributed by atoms with E-state index in [1.54, 1.807) is 0 Å². The van der Waals surface area contributed by atoms with Crippen molar-refractivity contribution in [2.45, 2.75) is 19.8 Å². The molecular formula is C14H23ClN4S. The van der Waals surface area contributed by atoms with Crippen molar-refractivity contribution in [3.63, 3.8) is 0 Å². The van der Waals surface area contributed by atoms with Gasteiger partial charge in [0.1, 0.15) is 5.15 Å². The van der Waals surface area contributed by atoms with Gasteiger partial charge in [0.25, 0.3) is 0 Å². The van der Waals surface area contributed by atoms with Crippen LogP contribution in [-0.2, 0) is 6.42 Å². The summed E-state index contributed by atoms with van der Waals surface area (Å²) in [5.41, 5.74) is 1.17. The maximum Gasteiger partial charge on any atom is 0.191 e. The standard InChI is InChI=1S/C14H23ClN4S/c1-3-16-14(17-8-4-10-20-2)18-9-7-12-5-6-13(15)19-11-12/h5-6,11H,3-4,7-10H2,1-2H3,(H2,16,17,18). The highest BCUT2D eigenvalue weighted by atomic mass is 35.5. The van der Waals surface area contributed by atoms with E-state index in [4.69, 9.17) is 11.6 Å². The SMILES string of the molecule is CCNC(=NCCCSC)NCCc1ccc(Cl)nc1. The number of pyridine rings is 1. The molecule has 0 aliphatic rings. The first-order chi connectivity index (χ1) is 9.76. The van der Waals surface area contributed by atoms with Crippen LogP contribution in [0.4, 0.5) is 0 Å². The van der Waals surface area contributed by atoms with Gasteiger partial charge in [-0.2, -0.15) is 11.8 Å². The first-order valence-electron chi connectivity index (χ1n) is 6.87. The fourth-order valence-electron chi connectivity index (χ4n) is 1.62.